The Kier molecular flexibility index (Phi) is 6.17. The molecule has 1 amide bonds. The third-order valence-corrected chi connectivity index (χ3v) is 3.78. The summed E-state index contributed by atoms with van der Waals surface area (Å²) in [4.78, 5) is 23.6. The zero-order valence-electron chi connectivity index (χ0n) is 12.7. The number of amides is 1. The predicted octanol–water partition coefficient (Wildman–Crippen LogP) is 4.17. The molecule has 0 aliphatic carbocycles. The first-order valence-electron chi connectivity index (χ1n) is 7.04. The molecule has 4 nitrogen and oxygen atoms in total. The average Bonchev–Trinajstić information content (AvgIpc) is 2.53. The molecule has 0 heterocycles. The zero-order chi connectivity index (χ0) is 17.7. The summed E-state index contributed by atoms with van der Waals surface area (Å²) < 4.78 is 17.7. The molecule has 2 aromatic rings. The highest BCUT2D eigenvalue weighted by Crippen LogP contribution is 2.25. The molecule has 7 heteroatoms. The Morgan fingerprint density at radius 2 is 1.83 bits per heavy atom. The zero-order valence-corrected chi connectivity index (χ0v) is 14.2. The van der Waals surface area contributed by atoms with Gasteiger partial charge in [0.1, 0.15) is 5.82 Å². The van der Waals surface area contributed by atoms with Gasteiger partial charge in [0.15, 0.2) is 6.61 Å². The lowest BCUT2D eigenvalue weighted by molar-refractivity contribution is -0.124. The molecule has 0 unspecified atom stereocenters. The molecule has 1 N–H and O–H groups in total. The number of halogens is 3. The van der Waals surface area contributed by atoms with Crippen LogP contribution in [0.1, 0.15) is 28.9 Å². The minimum atomic E-state index is -0.706. The van der Waals surface area contributed by atoms with Gasteiger partial charge in [0.05, 0.1) is 11.6 Å². The van der Waals surface area contributed by atoms with Crippen molar-refractivity contribution in [1.82, 2.24) is 5.32 Å². The third kappa shape index (κ3) is 4.94. The molecule has 2 rings (SSSR count). The molecule has 0 spiro atoms. The van der Waals surface area contributed by atoms with Gasteiger partial charge in [-0.2, -0.15) is 0 Å². The van der Waals surface area contributed by atoms with E-state index in [4.69, 9.17) is 27.9 Å². The maximum absolute atomic E-state index is 12.8. The van der Waals surface area contributed by atoms with E-state index >= 15 is 0 Å². The second-order valence-corrected chi connectivity index (χ2v) is 5.88. The van der Waals surface area contributed by atoms with E-state index in [1.165, 1.54) is 12.1 Å². The fourth-order valence-electron chi connectivity index (χ4n) is 2.01. The molecule has 2 aromatic carbocycles. The summed E-state index contributed by atoms with van der Waals surface area (Å²) in [7, 11) is 0. The molecule has 126 valence electrons. The van der Waals surface area contributed by atoms with Crippen molar-refractivity contribution in [2.24, 2.45) is 0 Å². The molecular formula is C17H14Cl2FNO3. The van der Waals surface area contributed by atoms with E-state index in [-0.39, 0.29) is 11.6 Å². The summed E-state index contributed by atoms with van der Waals surface area (Å²) in [6.07, 6.45) is 0. The standard InChI is InChI=1S/C17H14Cl2FNO3/c1-10(14-7-4-12(18)8-15(14)19)21-16(22)9-24-17(23)11-2-5-13(20)6-3-11/h2-8,10H,9H2,1H3,(H,21,22)/t10-/m0/s1. The maximum atomic E-state index is 12.8. The highest BCUT2D eigenvalue weighted by atomic mass is 35.5. The van der Waals surface area contributed by atoms with Crippen LogP contribution in [0.3, 0.4) is 0 Å². The van der Waals surface area contributed by atoms with E-state index in [0.717, 1.165) is 12.1 Å². The van der Waals surface area contributed by atoms with E-state index in [2.05, 4.69) is 5.32 Å². The van der Waals surface area contributed by atoms with Crippen LogP contribution in [-0.2, 0) is 9.53 Å². The van der Waals surface area contributed by atoms with Crippen molar-refractivity contribution in [2.45, 2.75) is 13.0 Å². The SMILES string of the molecule is C[C@H](NC(=O)COC(=O)c1ccc(F)cc1)c1ccc(Cl)cc1Cl. The summed E-state index contributed by atoms with van der Waals surface area (Å²) in [6, 6.07) is 9.42. The van der Waals surface area contributed by atoms with Gasteiger partial charge in [0.2, 0.25) is 0 Å². The van der Waals surface area contributed by atoms with E-state index in [9.17, 15) is 14.0 Å². The van der Waals surface area contributed by atoms with Gasteiger partial charge in [0, 0.05) is 10.0 Å². The molecular weight excluding hydrogens is 356 g/mol. The molecule has 0 saturated carbocycles. The van der Waals surface area contributed by atoms with Crippen molar-refractivity contribution in [1.29, 1.82) is 0 Å². The first kappa shape index (κ1) is 18.2. The lowest BCUT2D eigenvalue weighted by Crippen LogP contribution is -2.31. The summed E-state index contributed by atoms with van der Waals surface area (Å²) in [5.74, 6) is -1.65. The van der Waals surface area contributed by atoms with Crippen LogP contribution in [-0.4, -0.2) is 18.5 Å². The molecule has 0 aliphatic rings. The number of esters is 1. The molecule has 0 radical (unpaired) electrons. The lowest BCUT2D eigenvalue weighted by Gasteiger charge is -2.16. The first-order valence-corrected chi connectivity index (χ1v) is 7.79. The Morgan fingerprint density at radius 3 is 2.46 bits per heavy atom. The highest BCUT2D eigenvalue weighted by molar-refractivity contribution is 6.35. The van der Waals surface area contributed by atoms with Crippen LogP contribution in [0.5, 0.6) is 0 Å². The minimum absolute atomic E-state index is 0.165. The van der Waals surface area contributed by atoms with Gasteiger partial charge < -0.3 is 10.1 Å². The number of carbonyl (C=O) groups excluding carboxylic acids is 2. The van der Waals surface area contributed by atoms with Crippen molar-refractivity contribution < 1.29 is 18.7 Å². The molecule has 0 saturated heterocycles. The van der Waals surface area contributed by atoms with E-state index < -0.39 is 24.3 Å². The van der Waals surface area contributed by atoms with E-state index in [0.29, 0.717) is 15.6 Å². The number of nitrogens with one attached hydrogen (secondary N) is 1. The first-order chi connectivity index (χ1) is 11.4. The van der Waals surface area contributed by atoms with Gasteiger partial charge in [-0.1, -0.05) is 29.3 Å². The van der Waals surface area contributed by atoms with Gasteiger partial charge in [-0.3, -0.25) is 4.79 Å². The normalized spacial score (nSPS) is 11.7. The highest BCUT2D eigenvalue weighted by Gasteiger charge is 2.15. The molecule has 1 atom stereocenters. The molecule has 24 heavy (non-hydrogen) atoms. The van der Waals surface area contributed by atoms with Crippen LogP contribution in [0, 0.1) is 5.82 Å². The topological polar surface area (TPSA) is 55.4 Å². The van der Waals surface area contributed by atoms with Gasteiger partial charge in [-0.05, 0) is 48.9 Å². The predicted molar refractivity (Wildman–Crippen MR) is 89.7 cm³/mol. The summed E-state index contributed by atoms with van der Waals surface area (Å²) in [6.45, 7) is 1.29. The Morgan fingerprint density at radius 1 is 1.17 bits per heavy atom. The second kappa shape index (κ2) is 8.13. The van der Waals surface area contributed by atoms with Gasteiger partial charge >= 0.3 is 5.97 Å². The van der Waals surface area contributed by atoms with Crippen molar-refractivity contribution in [3.63, 3.8) is 0 Å². The Labute approximate surface area is 148 Å². The summed E-state index contributed by atoms with van der Waals surface area (Å²) >= 11 is 11.9. The minimum Gasteiger partial charge on any atom is -0.452 e. The monoisotopic (exact) mass is 369 g/mol. The van der Waals surface area contributed by atoms with Crippen molar-refractivity contribution in [2.75, 3.05) is 6.61 Å². The van der Waals surface area contributed by atoms with Crippen LogP contribution in [0.15, 0.2) is 42.5 Å². The third-order valence-electron chi connectivity index (χ3n) is 3.22. The van der Waals surface area contributed by atoms with Crippen LogP contribution in [0.25, 0.3) is 0 Å². The fourth-order valence-corrected chi connectivity index (χ4v) is 2.59. The van der Waals surface area contributed by atoms with Crippen LogP contribution < -0.4 is 5.32 Å². The van der Waals surface area contributed by atoms with Crippen molar-refractivity contribution in [3.05, 3.63) is 69.5 Å². The number of benzene rings is 2. The van der Waals surface area contributed by atoms with Crippen LogP contribution >= 0.6 is 23.2 Å². The Balaban J connectivity index is 1.88. The molecule has 0 aliphatic heterocycles. The number of hydrogen-bond donors (Lipinski definition) is 1. The van der Waals surface area contributed by atoms with Gasteiger partial charge in [0.25, 0.3) is 5.91 Å². The van der Waals surface area contributed by atoms with E-state index in [1.807, 2.05) is 0 Å². The number of hydrogen-bond acceptors (Lipinski definition) is 3. The Bertz CT molecular complexity index is 750. The quantitative estimate of drug-likeness (QED) is 0.804. The largest absolute Gasteiger partial charge is 0.452 e. The Hall–Kier alpha value is -2.11. The molecule has 0 aromatic heterocycles. The maximum Gasteiger partial charge on any atom is 0.338 e. The van der Waals surface area contributed by atoms with Gasteiger partial charge in [-0.25, -0.2) is 9.18 Å². The van der Waals surface area contributed by atoms with Gasteiger partial charge in [-0.15, -0.1) is 0 Å². The molecule has 0 fully saturated rings. The summed E-state index contributed by atoms with van der Waals surface area (Å²) in [5.41, 5.74) is 0.859. The second-order valence-electron chi connectivity index (χ2n) is 5.04. The fraction of sp³-hybridized carbons (Fsp3) is 0.176. The number of rotatable bonds is 5. The van der Waals surface area contributed by atoms with Crippen LogP contribution in [0.2, 0.25) is 10.0 Å². The summed E-state index contributed by atoms with van der Waals surface area (Å²) in [5, 5.41) is 3.59. The number of ether oxygens (including phenoxy) is 1. The lowest BCUT2D eigenvalue weighted by atomic mass is 10.1. The van der Waals surface area contributed by atoms with Crippen LogP contribution in [0.4, 0.5) is 4.39 Å². The van der Waals surface area contributed by atoms with Crippen molar-refractivity contribution in [3.8, 4) is 0 Å². The number of carbonyl (C=O) groups is 2. The average molecular weight is 370 g/mol. The van der Waals surface area contributed by atoms with E-state index in [1.54, 1.807) is 25.1 Å². The smallest absolute Gasteiger partial charge is 0.338 e. The molecule has 0 bridgehead atoms. The van der Waals surface area contributed by atoms with Crippen molar-refractivity contribution >= 4 is 35.1 Å².